The molecule has 0 fully saturated rings. The number of esters is 1. The summed E-state index contributed by atoms with van der Waals surface area (Å²) in [6.07, 6.45) is 51.1. The Labute approximate surface area is 265 Å². The third kappa shape index (κ3) is 37.0. The first-order valence-corrected chi connectivity index (χ1v) is 19.3. The third-order valence-corrected chi connectivity index (χ3v) is 8.59. The summed E-state index contributed by atoms with van der Waals surface area (Å²) in [4.78, 5) is 11.9. The molecule has 0 heterocycles. The number of rotatable bonds is 35. The van der Waals surface area contributed by atoms with Crippen molar-refractivity contribution in [2.75, 3.05) is 6.61 Å². The van der Waals surface area contributed by atoms with E-state index in [4.69, 9.17) is 4.74 Å². The maximum Gasteiger partial charge on any atom is 0.305 e. The third-order valence-electron chi connectivity index (χ3n) is 8.59. The minimum atomic E-state index is 0.0125. The van der Waals surface area contributed by atoms with Crippen LogP contribution in [-0.2, 0) is 9.53 Å². The largest absolute Gasteiger partial charge is 0.466 e. The smallest absolute Gasteiger partial charge is 0.305 e. The fraction of sp³-hybridized carbons (Fsp3) is 0.875. The summed E-state index contributed by atoms with van der Waals surface area (Å²) >= 11 is 0. The Bertz CT molecular complexity index is 564. The lowest BCUT2D eigenvalue weighted by Gasteiger charge is -2.06. The van der Waals surface area contributed by atoms with Gasteiger partial charge in [-0.15, -0.1) is 0 Å². The normalized spacial score (nSPS) is 11.8. The molecular weight excluding hydrogens is 512 g/mol. The minimum absolute atomic E-state index is 0.0125. The monoisotopic (exact) mass is 589 g/mol. The van der Waals surface area contributed by atoms with Gasteiger partial charge in [0.2, 0.25) is 0 Å². The SMILES string of the molecule is CCCCCC=CCC=CCCCCCCCC(=O)OCCCCCCCCCCCCCCCCCCCCCC. The zero-order valence-corrected chi connectivity index (χ0v) is 29.0. The van der Waals surface area contributed by atoms with E-state index >= 15 is 0 Å². The summed E-state index contributed by atoms with van der Waals surface area (Å²) in [5.74, 6) is 0.0125. The van der Waals surface area contributed by atoms with Crippen molar-refractivity contribution < 1.29 is 9.53 Å². The first-order valence-electron chi connectivity index (χ1n) is 19.3. The molecule has 0 saturated heterocycles. The Balaban J connectivity index is 3.20. The number of ether oxygens (including phenoxy) is 1. The number of carbonyl (C=O) groups excluding carboxylic acids is 1. The number of hydrogen-bond acceptors (Lipinski definition) is 2. The van der Waals surface area contributed by atoms with E-state index in [2.05, 4.69) is 38.2 Å². The molecule has 0 unspecified atom stereocenters. The molecule has 0 N–H and O–H groups in total. The van der Waals surface area contributed by atoms with Crippen molar-refractivity contribution in [1.29, 1.82) is 0 Å². The van der Waals surface area contributed by atoms with Crippen molar-refractivity contribution in [3.05, 3.63) is 24.3 Å². The summed E-state index contributed by atoms with van der Waals surface area (Å²) in [5.41, 5.74) is 0. The second-order valence-electron chi connectivity index (χ2n) is 12.9. The molecule has 0 aliphatic carbocycles. The number of unbranched alkanes of at least 4 members (excludes halogenated alkanes) is 27. The number of carbonyl (C=O) groups is 1. The Morgan fingerprint density at radius 2 is 0.738 bits per heavy atom. The predicted octanol–water partition coefficient (Wildman–Crippen LogP) is 14.2. The Hall–Kier alpha value is -1.05. The van der Waals surface area contributed by atoms with Crippen LogP contribution < -0.4 is 0 Å². The molecule has 0 spiro atoms. The van der Waals surface area contributed by atoms with Crippen LogP contribution >= 0.6 is 0 Å². The highest BCUT2D eigenvalue weighted by atomic mass is 16.5. The van der Waals surface area contributed by atoms with Crippen molar-refractivity contribution in [2.45, 2.75) is 219 Å². The van der Waals surface area contributed by atoms with Gasteiger partial charge in [0, 0.05) is 6.42 Å². The fourth-order valence-electron chi connectivity index (χ4n) is 5.70. The summed E-state index contributed by atoms with van der Waals surface area (Å²) in [6.45, 7) is 5.17. The highest BCUT2D eigenvalue weighted by molar-refractivity contribution is 5.69. The molecule has 2 heteroatoms. The molecule has 0 aromatic carbocycles. The maximum atomic E-state index is 11.9. The molecule has 0 saturated carbocycles. The van der Waals surface area contributed by atoms with Crippen LogP contribution in [0.5, 0.6) is 0 Å². The molecular formula is C40H76O2. The maximum absolute atomic E-state index is 11.9. The van der Waals surface area contributed by atoms with Crippen LogP contribution in [0.1, 0.15) is 219 Å². The Kier molecular flexibility index (Phi) is 37.0. The highest BCUT2D eigenvalue weighted by Gasteiger charge is 2.02. The van der Waals surface area contributed by atoms with E-state index < -0.39 is 0 Å². The molecule has 0 atom stereocenters. The molecule has 248 valence electrons. The summed E-state index contributed by atoms with van der Waals surface area (Å²) < 4.78 is 5.44. The fourth-order valence-corrected chi connectivity index (χ4v) is 5.70. The topological polar surface area (TPSA) is 26.3 Å². The van der Waals surface area contributed by atoms with Gasteiger partial charge in [0.25, 0.3) is 0 Å². The van der Waals surface area contributed by atoms with E-state index in [1.807, 2.05) is 0 Å². The molecule has 0 aromatic heterocycles. The van der Waals surface area contributed by atoms with Gasteiger partial charge >= 0.3 is 5.97 Å². The lowest BCUT2D eigenvalue weighted by molar-refractivity contribution is -0.143. The van der Waals surface area contributed by atoms with Crippen LogP contribution in [0, 0.1) is 0 Å². The van der Waals surface area contributed by atoms with Crippen LogP contribution in [0.15, 0.2) is 24.3 Å². The van der Waals surface area contributed by atoms with Gasteiger partial charge < -0.3 is 4.74 Å². The quantitative estimate of drug-likeness (QED) is 0.0418. The van der Waals surface area contributed by atoms with Gasteiger partial charge in [-0.2, -0.15) is 0 Å². The van der Waals surface area contributed by atoms with Gasteiger partial charge in [-0.05, 0) is 44.9 Å². The molecule has 0 bridgehead atoms. The van der Waals surface area contributed by atoms with Crippen LogP contribution in [-0.4, -0.2) is 12.6 Å². The second-order valence-corrected chi connectivity index (χ2v) is 12.9. The summed E-state index contributed by atoms with van der Waals surface area (Å²) in [6, 6.07) is 0. The van der Waals surface area contributed by atoms with Gasteiger partial charge in [0.15, 0.2) is 0 Å². The van der Waals surface area contributed by atoms with Crippen LogP contribution in [0.4, 0.5) is 0 Å². The van der Waals surface area contributed by atoms with Crippen molar-refractivity contribution >= 4 is 5.97 Å². The second kappa shape index (κ2) is 38.0. The zero-order valence-electron chi connectivity index (χ0n) is 29.0. The Morgan fingerprint density at radius 1 is 0.405 bits per heavy atom. The number of allylic oxidation sites excluding steroid dienone is 4. The first kappa shape index (κ1) is 41.0. The van der Waals surface area contributed by atoms with Crippen LogP contribution in [0.2, 0.25) is 0 Å². The predicted molar refractivity (Wildman–Crippen MR) is 188 cm³/mol. The van der Waals surface area contributed by atoms with Gasteiger partial charge in [-0.25, -0.2) is 0 Å². The average Bonchev–Trinajstić information content (AvgIpc) is 3.00. The molecule has 0 aliphatic heterocycles. The van der Waals surface area contributed by atoms with E-state index in [0.29, 0.717) is 13.0 Å². The summed E-state index contributed by atoms with van der Waals surface area (Å²) in [5, 5.41) is 0. The van der Waals surface area contributed by atoms with Gasteiger partial charge in [-0.3, -0.25) is 4.79 Å². The van der Waals surface area contributed by atoms with Gasteiger partial charge in [0.1, 0.15) is 0 Å². The molecule has 0 aliphatic rings. The lowest BCUT2D eigenvalue weighted by atomic mass is 10.0. The van der Waals surface area contributed by atoms with Crippen molar-refractivity contribution in [3.8, 4) is 0 Å². The van der Waals surface area contributed by atoms with E-state index in [1.54, 1.807) is 0 Å². The lowest BCUT2D eigenvalue weighted by Crippen LogP contribution is -2.05. The van der Waals surface area contributed by atoms with Crippen LogP contribution in [0.25, 0.3) is 0 Å². The zero-order chi connectivity index (χ0) is 30.4. The van der Waals surface area contributed by atoms with Crippen LogP contribution in [0.3, 0.4) is 0 Å². The van der Waals surface area contributed by atoms with Crippen molar-refractivity contribution in [3.63, 3.8) is 0 Å². The van der Waals surface area contributed by atoms with Gasteiger partial charge in [-0.1, -0.05) is 192 Å². The Morgan fingerprint density at radius 3 is 1.19 bits per heavy atom. The minimum Gasteiger partial charge on any atom is -0.466 e. The molecule has 42 heavy (non-hydrogen) atoms. The molecule has 0 rings (SSSR count). The molecule has 0 radical (unpaired) electrons. The van der Waals surface area contributed by atoms with Crippen molar-refractivity contribution in [1.82, 2.24) is 0 Å². The average molecular weight is 589 g/mol. The van der Waals surface area contributed by atoms with E-state index in [9.17, 15) is 4.79 Å². The molecule has 2 nitrogen and oxygen atoms in total. The van der Waals surface area contributed by atoms with E-state index in [1.165, 1.54) is 173 Å². The van der Waals surface area contributed by atoms with Crippen molar-refractivity contribution in [2.24, 2.45) is 0 Å². The molecule has 0 amide bonds. The highest BCUT2D eigenvalue weighted by Crippen LogP contribution is 2.15. The first-order chi connectivity index (χ1) is 20.8. The van der Waals surface area contributed by atoms with Gasteiger partial charge in [0.05, 0.1) is 6.61 Å². The van der Waals surface area contributed by atoms with E-state index in [0.717, 1.165) is 25.7 Å². The van der Waals surface area contributed by atoms with E-state index in [-0.39, 0.29) is 5.97 Å². The standard InChI is InChI=1S/C40H76O2/c1-3-5-7-9-11-13-15-17-19-20-21-22-23-25-27-29-31-33-35-37-39-42-40(41)38-36-34-32-30-28-26-24-18-16-14-12-10-8-6-4-2/h12,14,18,24H,3-11,13,15-17,19-23,25-39H2,1-2H3. The summed E-state index contributed by atoms with van der Waals surface area (Å²) in [7, 11) is 0. The number of hydrogen-bond donors (Lipinski definition) is 0. The molecule has 0 aromatic rings.